The van der Waals surface area contributed by atoms with E-state index in [1.165, 1.54) is 25.3 Å². The van der Waals surface area contributed by atoms with E-state index in [4.69, 9.17) is 4.74 Å². The Kier molecular flexibility index (Phi) is 5.05. The first-order valence-corrected chi connectivity index (χ1v) is 7.91. The smallest absolute Gasteiger partial charge is 0.257 e. The van der Waals surface area contributed by atoms with Crippen molar-refractivity contribution in [1.82, 2.24) is 14.8 Å². The molecule has 1 aliphatic rings. The minimum atomic E-state index is -0.436. The van der Waals surface area contributed by atoms with Gasteiger partial charge in [0.1, 0.15) is 11.6 Å². The van der Waals surface area contributed by atoms with Gasteiger partial charge in [-0.05, 0) is 29.8 Å². The Bertz CT molecular complexity index is 701. The van der Waals surface area contributed by atoms with Crippen LogP contribution in [0.1, 0.15) is 15.9 Å². The number of aromatic nitrogens is 1. The van der Waals surface area contributed by atoms with E-state index in [2.05, 4.69) is 9.88 Å². The third-order valence-corrected chi connectivity index (χ3v) is 4.18. The zero-order chi connectivity index (χ0) is 16.9. The van der Waals surface area contributed by atoms with E-state index < -0.39 is 5.82 Å². The third-order valence-electron chi connectivity index (χ3n) is 4.18. The van der Waals surface area contributed by atoms with Gasteiger partial charge in [-0.2, -0.15) is 0 Å². The molecule has 24 heavy (non-hydrogen) atoms. The van der Waals surface area contributed by atoms with Crippen molar-refractivity contribution in [2.45, 2.75) is 6.54 Å². The molecule has 1 fully saturated rings. The summed E-state index contributed by atoms with van der Waals surface area (Å²) in [6.07, 6.45) is 3.61. The molecule has 2 aromatic rings. The first kappa shape index (κ1) is 16.4. The Morgan fingerprint density at radius 3 is 2.71 bits per heavy atom. The molecule has 0 atom stereocenters. The predicted octanol–water partition coefficient (Wildman–Crippen LogP) is 2.19. The average Bonchev–Trinajstić information content (AvgIpc) is 2.62. The molecule has 0 N–H and O–H groups in total. The summed E-state index contributed by atoms with van der Waals surface area (Å²) in [6, 6.07) is 7.99. The number of carbonyl (C=O) groups excluding carboxylic acids is 1. The lowest BCUT2D eigenvalue weighted by molar-refractivity contribution is 0.0624. The Hall–Kier alpha value is -2.47. The van der Waals surface area contributed by atoms with Crippen LogP contribution >= 0.6 is 0 Å². The molecule has 3 rings (SSSR count). The van der Waals surface area contributed by atoms with Crippen LogP contribution in [0.2, 0.25) is 0 Å². The molecular formula is C18H20FN3O2. The van der Waals surface area contributed by atoms with Gasteiger partial charge >= 0.3 is 0 Å². The molecule has 1 aliphatic heterocycles. The number of pyridine rings is 1. The van der Waals surface area contributed by atoms with Crippen molar-refractivity contribution in [2.75, 3.05) is 33.3 Å². The summed E-state index contributed by atoms with van der Waals surface area (Å²) in [7, 11) is 1.48. The van der Waals surface area contributed by atoms with Crippen LogP contribution in [0.5, 0.6) is 5.75 Å². The van der Waals surface area contributed by atoms with E-state index in [0.29, 0.717) is 18.8 Å². The van der Waals surface area contributed by atoms with Gasteiger partial charge < -0.3 is 9.64 Å². The summed E-state index contributed by atoms with van der Waals surface area (Å²) in [5.74, 6) is -0.221. The van der Waals surface area contributed by atoms with Crippen LogP contribution < -0.4 is 4.74 Å². The normalized spacial score (nSPS) is 15.3. The van der Waals surface area contributed by atoms with Crippen molar-refractivity contribution in [3.8, 4) is 5.75 Å². The number of halogens is 1. The maximum absolute atomic E-state index is 13.5. The first-order chi connectivity index (χ1) is 11.7. The second-order valence-electron chi connectivity index (χ2n) is 5.77. The largest absolute Gasteiger partial charge is 0.496 e. The standard InChI is InChI=1S/C18H20FN3O2/c1-24-17-5-4-15(19)11-16(17)18(23)22-9-7-21(8-10-22)13-14-3-2-6-20-12-14/h2-6,11-12H,7-10,13H2,1H3. The number of carbonyl (C=O) groups is 1. The van der Waals surface area contributed by atoms with E-state index >= 15 is 0 Å². The Labute approximate surface area is 140 Å². The predicted molar refractivity (Wildman–Crippen MR) is 88.4 cm³/mol. The Morgan fingerprint density at radius 1 is 1.25 bits per heavy atom. The maximum Gasteiger partial charge on any atom is 0.257 e. The number of nitrogens with zero attached hydrogens (tertiary/aromatic N) is 3. The highest BCUT2D eigenvalue weighted by molar-refractivity contribution is 5.97. The number of amides is 1. The molecule has 2 heterocycles. The Morgan fingerprint density at radius 2 is 2.04 bits per heavy atom. The molecule has 6 heteroatoms. The molecule has 126 valence electrons. The van der Waals surface area contributed by atoms with Crippen LogP contribution in [0.4, 0.5) is 4.39 Å². The monoisotopic (exact) mass is 329 g/mol. The van der Waals surface area contributed by atoms with Gasteiger partial charge in [0.05, 0.1) is 12.7 Å². The van der Waals surface area contributed by atoms with Crippen molar-refractivity contribution in [3.63, 3.8) is 0 Å². The van der Waals surface area contributed by atoms with Gasteiger partial charge in [-0.15, -0.1) is 0 Å². The second kappa shape index (κ2) is 7.40. The number of piperazine rings is 1. The maximum atomic E-state index is 13.5. The van der Waals surface area contributed by atoms with Crippen LogP contribution in [-0.4, -0.2) is 54.0 Å². The van der Waals surface area contributed by atoms with Gasteiger partial charge in [0.2, 0.25) is 0 Å². The SMILES string of the molecule is COc1ccc(F)cc1C(=O)N1CCN(Cc2cccnc2)CC1. The molecule has 1 saturated heterocycles. The molecule has 1 amide bonds. The fourth-order valence-corrected chi connectivity index (χ4v) is 2.88. The van der Waals surface area contributed by atoms with Gasteiger partial charge in [0.25, 0.3) is 5.91 Å². The summed E-state index contributed by atoms with van der Waals surface area (Å²) < 4.78 is 18.7. The van der Waals surface area contributed by atoms with Gasteiger partial charge in [-0.25, -0.2) is 4.39 Å². The third kappa shape index (κ3) is 3.71. The second-order valence-corrected chi connectivity index (χ2v) is 5.77. The van der Waals surface area contributed by atoms with Gasteiger partial charge in [0.15, 0.2) is 0 Å². The highest BCUT2D eigenvalue weighted by Gasteiger charge is 2.24. The highest BCUT2D eigenvalue weighted by Crippen LogP contribution is 2.22. The van der Waals surface area contributed by atoms with Crippen LogP contribution in [0.15, 0.2) is 42.7 Å². The molecule has 0 spiro atoms. The van der Waals surface area contributed by atoms with Crippen LogP contribution in [-0.2, 0) is 6.54 Å². The van der Waals surface area contributed by atoms with Gasteiger partial charge in [-0.1, -0.05) is 6.07 Å². The highest BCUT2D eigenvalue weighted by atomic mass is 19.1. The van der Waals surface area contributed by atoms with Gasteiger partial charge in [0, 0.05) is 45.1 Å². The molecule has 0 aliphatic carbocycles. The van der Waals surface area contributed by atoms with Crippen molar-refractivity contribution in [2.24, 2.45) is 0 Å². The van der Waals surface area contributed by atoms with Crippen molar-refractivity contribution < 1.29 is 13.9 Å². The summed E-state index contributed by atoms with van der Waals surface area (Å²) >= 11 is 0. The summed E-state index contributed by atoms with van der Waals surface area (Å²) in [4.78, 5) is 20.8. The molecule has 0 unspecified atom stereocenters. The van der Waals surface area contributed by atoms with Crippen molar-refractivity contribution in [1.29, 1.82) is 0 Å². The lowest BCUT2D eigenvalue weighted by atomic mass is 10.1. The quantitative estimate of drug-likeness (QED) is 0.863. The van der Waals surface area contributed by atoms with E-state index in [-0.39, 0.29) is 11.5 Å². The first-order valence-electron chi connectivity index (χ1n) is 7.91. The van der Waals surface area contributed by atoms with E-state index in [1.807, 2.05) is 18.3 Å². The molecule has 1 aromatic carbocycles. The van der Waals surface area contributed by atoms with Crippen LogP contribution in [0, 0.1) is 5.82 Å². The summed E-state index contributed by atoms with van der Waals surface area (Å²) in [6.45, 7) is 3.59. The Balaban J connectivity index is 1.62. The van der Waals surface area contributed by atoms with Gasteiger partial charge in [-0.3, -0.25) is 14.7 Å². The minimum absolute atomic E-state index is 0.188. The molecular weight excluding hydrogens is 309 g/mol. The summed E-state index contributed by atoms with van der Waals surface area (Å²) in [5.41, 5.74) is 1.43. The number of rotatable bonds is 4. The van der Waals surface area contributed by atoms with Crippen LogP contribution in [0.3, 0.4) is 0 Å². The minimum Gasteiger partial charge on any atom is -0.496 e. The number of methoxy groups -OCH3 is 1. The van der Waals surface area contributed by atoms with Crippen LogP contribution in [0.25, 0.3) is 0 Å². The van der Waals surface area contributed by atoms with E-state index in [1.54, 1.807) is 11.1 Å². The van der Waals surface area contributed by atoms with Crippen molar-refractivity contribution >= 4 is 5.91 Å². The fourth-order valence-electron chi connectivity index (χ4n) is 2.88. The number of ether oxygens (including phenoxy) is 1. The van der Waals surface area contributed by atoms with Crippen molar-refractivity contribution in [3.05, 3.63) is 59.7 Å². The summed E-state index contributed by atoms with van der Waals surface area (Å²) in [5, 5.41) is 0. The molecule has 5 nitrogen and oxygen atoms in total. The topological polar surface area (TPSA) is 45.7 Å². The van der Waals surface area contributed by atoms with E-state index in [0.717, 1.165) is 25.2 Å². The number of hydrogen-bond acceptors (Lipinski definition) is 4. The molecule has 1 aromatic heterocycles. The number of benzene rings is 1. The molecule has 0 bridgehead atoms. The number of hydrogen-bond donors (Lipinski definition) is 0. The average molecular weight is 329 g/mol. The molecule has 0 saturated carbocycles. The zero-order valence-corrected chi connectivity index (χ0v) is 13.6. The zero-order valence-electron chi connectivity index (χ0n) is 13.6. The molecule has 0 radical (unpaired) electrons. The lowest BCUT2D eigenvalue weighted by Gasteiger charge is -2.35. The fraction of sp³-hybridized carbons (Fsp3) is 0.333. The lowest BCUT2D eigenvalue weighted by Crippen LogP contribution is -2.48. The van der Waals surface area contributed by atoms with E-state index in [9.17, 15) is 9.18 Å².